The highest BCUT2D eigenvalue weighted by atomic mass is 16.4. The van der Waals surface area contributed by atoms with Crippen LogP contribution in [-0.4, -0.2) is 52.2 Å². The topological polar surface area (TPSA) is 107 Å². The monoisotopic (exact) mass is 397 g/mol. The van der Waals surface area contributed by atoms with Crippen LogP contribution < -0.4 is 15.5 Å². The lowest BCUT2D eigenvalue weighted by molar-refractivity contribution is -0.137. The Balaban J connectivity index is 1.55. The number of carbonyl (C=O) groups excluding carboxylic acids is 1. The van der Waals surface area contributed by atoms with Gasteiger partial charge in [0.25, 0.3) is 0 Å². The van der Waals surface area contributed by atoms with Gasteiger partial charge < -0.3 is 20.6 Å². The number of carboxylic acid groups (broad SMARTS) is 1. The number of rotatable bonds is 8. The molecular formula is C21H27N5O3. The second kappa shape index (κ2) is 10.4. The Morgan fingerprint density at radius 2 is 1.93 bits per heavy atom. The Labute approximate surface area is 170 Å². The summed E-state index contributed by atoms with van der Waals surface area (Å²) in [5.74, 6) is -0.195. The molecule has 2 heterocycles. The van der Waals surface area contributed by atoms with Crippen LogP contribution in [0.15, 0.2) is 48.8 Å². The zero-order valence-corrected chi connectivity index (χ0v) is 16.3. The standard InChI is InChI=1S/C21H27N5O3/c27-19(28)10-9-17(14-16-6-2-1-3-7-16)24-21(29)25-18-8-4-13-26(15-18)20-22-11-5-12-23-20/h1-3,5-7,11-12,17-18H,4,8-10,13-15H2,(H,27,28)(H2,24,25,29). The molecule has 29 heavy (non-hydrogen) atoms. The van der Waals surface area contributed by atoms with Gasteiger partial charge in [-0.3, -0.25) is 4.79 Å². The predicted molar refractivity (Wildman–Crippen MR) is 110 cm³/mol. The van der Waals surface area contributed by atoms with Crippen molar-refractivity contribution in [3.05, 3.63) is 54.4 Å². The molecule has 8 nitrogen and oxygen atoms in total. The number of urea groups is 1. The van der Waals surface area contributed by atoms with Crippen molar-refractivity contribution in [1.82, 2.24) is 20.6 Å². The SMILES string of the molecule is O=C(O)CCC(Cc1ccccc1)NC(=O)NC1CCCN(c2ncccn2)C1. The van der Waals surface area contributed by atoms with E-state index in [-0.39, 0.29) is 24.5 Å². The van der Waals surface area contributed by atoms with Gasteiger partial charge in [-0.1, -0.05) is 30.3 Å². The van der Waals surface area contributed by atoms with E-state index in [1.54, 1.807) is 18.5 Å². The summed E-state index contributed by atoms with van der Waals surface area (Å²) < 4.78 is 0. The second-order valence-electron chi connectivity index (χ2n) is 7.27. The van der Waals surface area contributed by atoms with E-state index < -0.39 is 5.97 Å². The molecular weight excluding hydrogens is 370 g/mol. The van der Waals surface area contributed by atoms with Crippen LogP contribution in [0.4, 0.5) is 10.7 Å². The van der Waals surface area contributed by atoms with Crippen molar-refractivity contribution in [1.29, 1.82) is 0 Å². The molecule has 2 unspecified atom stereocenters. The number of aliphatic carboxylic acids is 1. The van der Waals surface area contributed by atoms with Crippen LogP contribution in [-0.2, 0) is 11.2 Å². The number of nitrogens with zero attached hydrogens (tertiary/aromatic N) is 3. The van der Waals surface area contributed by atoms with Crippen LogP contribution in [0, 0.1) is 0 Å². The molecule has 0 spiro atoms. The van der Waals surface area contributed by atoms with Crippen molar-refractivity contribution < 1.29 is 14.7 Å². The molecule has 0 radical (unpaired) electrons. The number of piperidine rings is 1. The molecule has 1 fully saturated rings. The van der Waals surface area contributed by atoms with E-state index in [1.807, 2.05) is 30.3 Å². The minimum absolute atomic E-state index is 0.00981. The molecule has 3 rings (SSSR count). The number of carbonyl (C=O) groups is 2. The van der Waals surface area contributed by atoms with E-state index in [9.17, 15) is 9.59 Å². The third kappa shape index (κ3) is 6.74. The lowest BCUT2D eigenvalue weighted by atomic mass is 10.0. The number of benzene rings is 1. The van der Waals surface area contributed by atoms with Gasteiger partial charge in [0.15, 0.2) is 0 Å². The maximum atomic E-state index is 12.6. The molecule has 1 aromatic carbocycles. The van der Waals surface area contributed by atoms with Crippen LogP contribution in [0.5, 0.6) is 0 Å². The van der Waals surface area contributed by atoms with Gasteiger partial charge in [0, 0.05) is 44.0 Å². The predicted octanol–water partition coefficient (Wildman–Crippen LogP) is 2.22. The van der Waals surface area contributed by atoms with Crippen molar-refractivity contribution in [3.8, 4) is 0 Å². The minimum atomic E-state index is -0.865. The van der Waals surface area contributed by atoms with Gasteiger partial charge in [-0.2, -0.15) is 0 Å². The number of amides is 2. The first-order valence-corrected chi connectivity index (χ1v) is 9.95. The molecule has 1 aliphatic rings. The number of nitrogens with one attached hydrogen (secondary N) is 2. The fraction of sp³-hybridized carbons (Fsp3) is 0.429. The van der Waals surface area contributed by atoms with Gasteiger partial charge in [-0.05, 0) is 37.3 Å². The summed E-state index contributed by atoms with van der Waals surface area (Å²) in [5.41, 5.74) is 1.06. The van der Waals surface area contributed by atoms with Crippen molar-refractivity contribution >= 4 is 17.9 Å². The van der Waals surface area contributed by atoms with Gasteiger partial charge in [0.05, 0.1) is 0 Å². The van der Waals surface area contributed by atoms with Crippen LogP contribution in [0.2, 0.25) is 0 Å². The molecule has 154 valence electrons. The highest BCUT2D eigenvalue weighted by Crippen LogP contribution is 2.15. The third-order valence-corrected chi connectivity index (χ3v) is 4.96. The maximum absolute atomic E-state index is 12.6. The molecule has 1 aromatic heterocycles. The van der Waals surface area contributed by atoms with Crippen LogP contribution in [0.25, 0.3) is 0 Å². The fourth-order valence-corrected chi connectivity index (χ4v) is 3.57. The summed E-state index contributed by atoms with van der Waals surface area (Å²) in [6.45, 7) is 1.51. The van der Waals surface area contributed by atoms with Gasteiger partial charge in [0.1, 0.15) is 0 Å². The Morgan fingerprint density at radius 3 is 2.66 bits per heavy atom. The summed E-state index contributed by atoms with van der Waals surface area (Å²) in [6, 6.07) is 11.0. The molecule has 1 saturated heterocycles. The fourth-order valence-electron chi connectivity index (χ4n) is 3.57. The molecule has 3 N–H and O–H groups in total. The van der Waals surface area contributed by atoms with Gasteiger partial charge in [-0.15, -0.1) is 0 Å². The summed E-state index contributed by atoms with van der Waals surface area (Å²) in [7, 11) is 0. The average Bonchev–Trinajstić information content (AvgIpc) is 2.73. The summed E-state index contributed by atoms with van der Waals surface area (Å²) >= 11 is 0. The summed E-state index contributed by atoms with van der Waals surface area (Å²) in [4.78, 5) is 34.2. The summed E-state index contributed by atoms with van der Waals surface area (Å²) in [5, 5.41) is 15.0. The van der Waals surface area contributed by atoms with Gasteiger partial charge in [-0.25, -0.2) is 14.8 Å². The third-order valence-electron chi connectivity index (χ3n) is 4.96. The first-order valence-electron chi connectivity index (χ1n) is 9.95. The van der Waals surface area contributed by atoms with Gasteiger partial charge in [0.2, 0.25) is 5.95 Å². The maximum Gasteiger partial charge on any atom is 0.315 e. The number of anilines is 1. The van der Waals surface area contributed by atoms with E-state index >= 15 is 0 Å². The average molecular weight is 397 g/mol. The zero-order valence-electron chi connectivity index (χ0n) is 16.3. The smallest absolute Gasteiger partial charge is 0.315 e. The largest absolute Gasteiger partial charge is 0.481 e. The molecule has 2 amide bonds. The summed E-state index contributed by atoms with van der Waals surface area (Å²) in [6.07, 6.45) is 6.24. The second-order valence-corrected chi connectivity index (χ2v) is 7.27. The molecule has 0 saturated carbocycles. The van der Waals surface area contributed by atoms with E-state index in [0.29, 0.717) is 25.3 Å². The van der Waals surface area contributed by atoms with E-state index in [0.717, 1.165) is 24.9 Å². The molecule has 8 heteroatoms. The van der Waals surface area contributed by atoms with Crippen LogP contribution >= 0.6 is 0 Å². The normalized spacial score (nSPS) is 17.4. The van der Waals surface area contributed by atoms with Gasteiger partial charge >= 0.3 is 12.0 Å². The first-order chi connectivity index (χ1) is 14.1. The molecule has 2 aromatic rings. The quantitative estimate of drug-likeness (QED) is 0.630. The first kappa shape index (κ1) is 20.6. The molecule has 0 bridgehead atoms. The number of carboxylic acids is 1. The molecule has 2 atom stereocenters. The van der Waals surface area contributed by atoms with E-state index in [2.05, 4.69) is 25.5 Å². The minimum Gasteiger partial charge on any atom is -0.481 e. The van der Waals surface area contributed by atoms with Crippen molar-refractivity contribution in [2.45, 2.75) is 44.2 Å². The number of aromatic nitrogens is 2. The molecule has 1 aliphatic heterocycles. The Morgan fingerprint density at radius 1 is 1.17 bits per heavy atom. The zero-order chi connectivity index (χ0) is 20.5. The number of hydrogen-bond acceptors (Lipinski definition) is 5. The van der Waals surface area contributed by atoms with Crippen molar-refractivity contribution in [2.24, 2.45) is 0 Å². The van der Waals surface area contributed by atoms with Crippen LogP contribution in [0.3, 0.4) is 0 Å². The van der Waals surface area contributed by atoms with E-state index in [1.165, 1.54) is 0 Å². The van der Waals surface area contributed by atoms with E-state index in [4.69, 9.17) is 5.11 Å². The lowest BCUT2D eigenvalue weighted by Gasteiger charge is -2.33. The molecule has 0 aliphatic carbocycles. The van der Waals surface area contributed by atoms with Crippen LogP contribution in [0.1, 0.15) is 31.2 Å². The Hall–Kier alpha value is -3.16. The highest BCUT2D eigenvalue weighted by molar-refractivity contribution is 5.75. The Bertz CT molecular complexity index is 787. The Kier molecular flexibility index (Phi) is 7.38. The lowest BCUT2D eigenvalue weighted by Crippen LogP contribution is -2.52. The van der Waals surface area contributed by atoms with Crippen molar-refractivity contribution in [2.75, 3.05) is 18.0 Å². The van der Waals surface area contributed by atoms with Crippen molar-refractivity contribution in [3.63, 3.8) is 0 Å². The highest BCUT2D eigenvalue weighted by Gasteiger charge is 2.24. The number of hydrogen-bond donors (Lipinski definition) is 3.